The monoisotopic (exact) mass is 115 g/mol. The van der Waals surface area contributed by atoms with Gasteiger partial charge in [-0.05, 0) is 0 Å². The van der Waals surface area contributed by atoms with Crippen LogP contribution in [0.15, 0.2) is 0 Å². The molecule has 0 spiro atoms. The van der Waals surface area contributed by atoms with Crippen LogP contribution in [0.5, 0.6) is 0 Å². The number of isocyanates is 1. The van der Waals surface area contributed by atoms with Gasteiger partial charge in [0.1, 0.15) is 0 Å². The molecule has 0 aliphatic heterocycles. The smallest absolute Gasteiger partial charge is 0.222 e. The van der Waals surface area contributed by atoms with Gasteiger partial charge in [0.2, 0.25) is 6.08 Å². The lowest BCUT2D eigenvalue weighted by molar-refractivity contribution is 0.563. The number of hydrogen-bond donors (Lipinski definition) is 1. The van der Waals surface area contributed by atoms with E-state index in [-0.39, 0.29) is 0 Å². The van der Waals surface area contributed by atoms with Crippen molar-refractivity contribution in [2.45, 2.75) is 33.1 Å². The maximum absolute atomic E-state index is 8.35. The largest absolute Gasteiger partial charge is 0.231 e. The van der Waals surface area contributed by atoms with Gasteiger partial charge in [-0.15, -0.1) is 0 Å². The molecule has 0 saturated carbocycles. The molecule has 0 amide bonds. The van der Waals surface area contributed by atoms with Crippen LogP contribution >= 0.6 is 0 Å². The maximum Gasteiger partial charge on any atom is 0.231 e. The summed E-state index contributed by atoms with van der Waals surface area (Å²) >= 11 is 0. The van der Waals surface area contributed by atoms with Crippen molar-refractivity contribution in [3.63, 3.8) is 0 Å². The summed E-state index contributed by atoms with van der Waals surface area (Å²) in [5.74, 6) is 0. The van der Waals surface area contributed by atoms with Crippen LogP contribution < -0.4 is 0 Å². The van der Waals surface area contributed by atoms with E-state index < -0.39 is 0 Å². The van der Waals surface area contributed by atoms with E-state index in [1.807, 2.05) is 0 Å². The van der Waals surface area contributed by atoms with Crippen LogP contribution in [0.1, 0.15) is 33.1 Å². The van der Waals surface area contributed by atoms with Crippen molar-refractivity contribution in [2.24, 2.45) is 0 Å². The zero-order chi connectivity index (χ0) is 6.83. The number of unbranched alkanes of at least 4 members (excludes halogenated alkanes) is 2. The molecule has 0 unspecified atom stereocenters. The van der Waals surface area contributed by atoms with Gasteiger partial charge in [-0.25, -0.2) is 10.2 Å². The van der Waals surface area contributed by atoms with E-state index in [2.05, 4.69) is 13.8 Å². The molecule has 0 aliphatic carbocycles. The third-order valence-corrected chi connectivity index (χ3v) is 0.707. The number of rotatable bonds is 2. The number of carbonyl (C=O) groups excluding carboxylic acids is 1. The minimum atomic E-state index is 0.750. The first-order valence-electron chi connectivity index (χ1n) is 2.87. The second-order valence-corrected chi connectivity index (χ2v) is 1.46. The van der Waals surface area contributed by atoms with Crippen molar-refractivity contribution in [3.05, 3.63) is 0 Å². The van der Waals surface area contributed by atoms with Gasteiger partial charge in [-0.2, -0.15) is 0 Å². The Hall–Kier alpha value is -0.620. The van der Waals surface area contributed by atoms with Gasteiger partial charge < -0.3 is 0 Å². The van der Waals surface area contributed by atoms with Crippen molar-refractivity contribution < 1.29 is 4.79 Å². The Balaban J connectivity index is 0. The Bertz CT molecular complexity index is 53.5. The predicted molar refractivity (Wildman–Crippen MR) is 33.6 cm³/mol. The van der Waals surface area contributed by atoms with E-state index in [4.69, 9.17) is 10.2 Å². The normalized spacial score (nSPS) is 6.25. The maximum atomic E-state index is 8.35. The Kier molecular flexibility index (Phi) is 21.0. The quantitative estimate of drug-likeness (QED) is 0.434. The molecule has 0 rings (SSSR count). The fraction of sp³-hybridized carbons (Fsp3) is 0.833. The summed E-state index contributed by atoms with van der Waals surface area (Å²) in [6.45, 7) is 4.42. The third-order valence-electron chi connectivity index (χ3n) is 0.707. The van der Waals surface area contributed by atoms with Crippen molar-refractivity contribution in [1.82, 2.24) is 0 Å². The first-order valence-corrected chi connectivity index (χ1v) is 2.87. The van der Waals surface area contributed by atoms with E-state index in [1.54, 1.807) is 0 Å². The van der Waals surface area contributed by atoms with E-state index >= 15 is 0 Å². The van der Waals surface area contributed by atoms with E-state index in [1.165, 1.54) is 19.3 Å². The van der Waals surface area contributed by atoms with Crippen molar-refractivity contribution in [2.75, 3.05) is 0 Å². The second-order valence-electron chi connectivity index (χ2n) is 1.46. The topological polar surface area (TPSA) is 40.9 Å². The summed E-state index contributed by atoms with van der Waals surface area (Å²) in [4.78, 5) is 8.35. The summed E-state index contributed by atoms with van der Waals surface area (Å²) in [7, 11) is 0. The first kappa shape index (κ1) is 10.4. The highest BCUT2D eigenvalue weighted by molar-refractivity contribution is 5.26. The van der Waals surface area contributed by atoms with Crippen LogP contribution in [-0.2, 0) is 4.79 Å². The number of hydrogen-bond acceptors (Lipinski definition) is 2. The zero-order valence-corrected chi connectivity index (χ0v) is 5.53. The van der Waals surface area contributed by atoms with Gasteiger partial charge in [-0.1, -0.05) is 33.1 Å². The predicted octanol–water partition coefficient (Wildman–Crippen LogP) is 2.10. The third kappa shape index (κ3) is 54.2. The Morgan fingerprint density at radius 1 is 1.38 bits per heavy atom. The highest BCUT2D eigenvalue weighted by Gasteiger charge is 1.68. The molecule has 0 heterocycles. The molecular weight excluding hydrogens is 102 g/mol. The number of nitrogens with one attached hydrogen (secondary N) is 1. The molecule has 0 bridgehead atoms. The van der Waals surface area contributed by atoms with Gasteiger partial charge in [0.25, 0.3) is 0 Å². The molecule has 2 nitrogen and oxygen atoms in total. The molecule has 1 N–H and O–H groups in total. The minimum Gasteiger partial charge on any atom is -0.222 e. The Morgan fingerprint density at radius 3 is 1.62 bits per heavy atom. The summed E-state index contributed by atoms with van der Waals surface area (Å²) in [5, 5.41) is 5.40. The summed E-state index contributed by atoms with van der Waals surface area (Å²) < 4.78 is 0. The second kappa shape index (κ2) is 16.2. The van der Waals surface area contributed by atoms with Crippen LogP contribution in [0, 0.1) is 5.41 Å². The minimum absolute atomic E-state index is 0.750. The standard InChI is InChI=1S/C5H12.CHNO/c1-3-5-4-2;2-1-3/h3-5H2,1-2H3;2H. The van der Waals surface area contributed by atoms with Crippen LogP contribution in [0.25, 0.3) is 0 Å². The lowest BCUT2D eigenvalue weighted by Crippen LogP contribution is -1.59. The highest BCUT2D eigenvalue weighted by atomic mass is 16.1. The summed E-state index contributed by atoms with van der Waals surface area (Å²) in [5.41, 5.74) is 0. The Labute approximate surface area is 50.4 Å². The van der Waals surface area contributed by atoms with E-state index in [0.717, 1.165) is 6.08 Å². The van der Waals surface area contributed by atoms with Gasteiger partial charge in [0.15, 0.2) is 0 Å². The average Bonchev–Trinajstić information content (AvgIpc) is 1.71. The summed E-state index contributed by atoms with van der Waals surface area (Å²) in [6.07, 6.45) is 4.83. The summed E-state index contributed by atoms with van der Waals surface area (Å²) in [6, 6.07) is 0. The van der Waals surface area contributed by atoms with Crippen molar-refractivity contribution in [3.8, 4) is 0 Å². The molecule has 0 fully saturated rings. The molecule has 0 saturated heterocycles. The van der Waals surface area contributed by atoms with E-state index in [9.17, 15) is 0 Å². The van der Waals surface area contributed by atoms with Crippen LogP contribution in [0.3, 0.4) is 0 Å². The van der Waals surface area contributed by atoms with Crippen LogP contribution in [0.2, 0.25) is 0 Å². The SMILES string of the molecule is CCCCC.N=C=O. The molecule has 48 valence electrons. The lowest BCUT2D eigenvalue weighted by Gasteiger charge is -1.79. The van der Waals surface area contributed by atoms with Gasteiger partial charge in [0, 0.05) is 0 Å². The van der Waals surface area contributed by atoms with E-state index in [0.29, 0.717) is 0 Å². The fourth-order valence-electron chi connectivity index (χ4n) is 0.354. The molecule has 2 heteroatoms. The molecule has 0 aromatic carbocycles. The molecule has 8 heavy (non-hydrogen) atoms. The molecule has 0 atom stereocenters. The van der Waals surface area contributed by atoms with Crippen LogP contribution in [0.4, 0.5) is 0 Å². The average molecular weight is 115 g/mol. The fourth-order valence-corrected chi connectivity index (χ4v) is 0.354. The zero-order valence-electron chi connectivity index (χ0n) is 5.53. The van der Waals surface area contributed by atoms with Crippen LogP contribution in [-0.4, -0.2) is 6.08 Å². The van der Waals surface area contributed by atoms with Crippen molar-refractivity contribution >= 4 is 6.08 Å². The molecule has 0 aliphatic rings. The van der Waals surface area contributed by atoms with Gasteiger partial charge in [0.05, 0.1) is 0 Å². The Morgan fingerprint density at radius 2 is 1.62 bits per heavy atom. The first-order chi connectivity index (χ1) is 3.83. The molecular formula is C6H13NO. The molecule has 0 radical (unpaired) electrons. The van der Waals surface area contributed by atoms with Crippen molar-refractivity contribution in [1.29, 1.82) is 5.41 Å². The molecule has 0 aromatic heterocycles. The lowest BCUT2D eigenvalue weighted by atomic mass is 10.3. The van der Waals surface area contributed by atoms with Gasteiger partial charge in [-0.3, -0.25) is 0 Å². The van der Waals surface area contributed by atoms with Gasteiger partial charge >= 0.3 is 0 Å². The highest BCUT2D eigenvalue weighted by Crippen LogP contribution is 1.88. The molecule has 0 aromatic rings.